The third kappa shape index (κ3) is 6.49. The molecule has 0 bridgehead atoms. The molecule has 3 atom stereocenters. The summed E-state index contributed by atoms with van der Waals surface area (Å²) in [5.41, 5.74) is 14.5. The number of nitrogens with zero attached hydrogens (tertiary/aromatic N) is 5. The van der Waals surface area contributed by atoms with Crippen molar-refractivity contribution >= 4 is 22.5 Å². The number of azide groups is 1. The highest BCUT2D eigenvalue weighted by molar-refractivity contribution is 6.74. The summed E-state index contributed by atoms with van der Waals surface area (Å²) in [5.74, 6) is 0.0542. The molecule has 1 saturated heterocycles. The van der Waals surface area contributed by atoms with Crippen LogP contribution in [0.15, 0.2) is 16.1 Å². The van der Waals surface area contributed by atoms with E-state index in [9.17, 15) is 4.79 Å². The van der Waals surface area contributed by atoms with E-state index in [2.05, 4.69) is 82.7 Å². The second-order valence-corrected chi connectivity index (χ2v) is 21.6. The first-order chi connectivity index (χ1) is 15.4. The van der Waals surface area contributed by atoms with Crippen LogP contribution in [0, 0.1) is 0 Å². The number of rotatable bonds is 8. The Morgan fingerprint density at radius 3 is 2.32 bits per heavy atom. The number of hydrogen-bond acceptors (Lipinski definition) is 7. The lowest BCUT2D eigenvalue weighted by molar-refractivity contribution is -0.0412. The Balaban J connectivity index is 2.37. The zero-order valence-corrected chi connectivity index (χ0v) is 24.4. The van der Waals surface area contributed by atoms with Crippen LogP contribution >= 0.6 is 0 Å². The molecule has 1 aliphatic heterocycles. The maximum Gasteiger partial charge on any atom is 0.351 e. The predicted molar refractivity (Wildman–Crippen MR) is 140 cm³/mol. The molecule has 2 rings (SSSR count). The zero-order chi connectivity index (χ0) is 26.1. The van der Waals surface area contributed by atoms with Gasteiger partial charge in [0, 0.05) is 23.1 Å². The van der Waals surface area contributed by atoms with Crippen LogP contribution < -0.4 is 11.4 Å². The Hall–Kier alpha value is -1.70. The fraction of sp³-hybridized carbons (Fsp3) is 0.818. The molecule has 10 nitrogen and oxygen atoms in total. The van der Waals surface area contributed by atoms with Gasteiger partial charge in [0.05, 0.1) is 19.3 Å². The minimum absolute atomic E-state index is 0.00411. The number of anilines is 1. The highest BCUT2D eigenvalue weighted by Crippen LogP contribution is 2.42. The summed E-state index contributed by atoms with van der Waals surface area (Å²) >= 11 is 0. The van der Waals surface area contributed by atoms with Crippen LogP contribution in [0.4, 0.5) is 5.82 Å². The maximum atomic E-state index is 12.7. The largest absolute Gasteiger partial charge is 0.414 e. The van der Waals surface area contributed by atoms with Gasteiger partial charge in [-0.05, 0) is 41.8 Å². The van der Waals surface area contributed by atoms with E-state index in [0.717, 1.165) is 0 Å². The first-order valence-corrected chi connectivity index (χ1v) is 17.6. The van der Waals surface area contributed by atoms with Crippen molar-refractivity contribution in [2.75, 3.05) is 12.3 Å². The molecule has 2 N–H and O–H groups in total. The predicted octanol–water partition coefficient (Wildman–Crippen LogP) is 5.34. The lowest BCUT2D eigenvalue weighted by Crippen LogP contribution is -2.48. The fourth-order valence-electron chi connectivity index (χ4n) is 3.17. The van der Waals surface area contributed by atoms with Crippen molar-refractivity contribution in [1.29, 1.82) is 0 Å². The molecule has 0 spiro atoms. The highest BCUT2D eigenvalue weighted by Gasteiger charge is 2.46. The standard InChI is InChI=1S/C22H42N6O4Si2/c1-21(2,3)33(7,8)30-14-17-16(32-34(9,10)22(4,5)6)11-18(31-17)28-13-15(12-25-27-24)19(23)26-20(28)29/h13,16-18H,11-12,14H2,1-10H3,(H2,23,26,29)/t16-,17+,18+/m0/s1. The second-order valence-electron chi connectivity index (χ2n) is 12.1. The van der Waals surface area contributed by atoms with E-state index in [-0.39, 0.29) is 34.6 Å². The summed E-state index contributed by atoms with van der Waals surface area (Å²) < 4.78 is 21.1. The first-order valence-electron chi connectivity index (χ1n) is 11.8. The molecule has 12 heteroatoms. The lowest BCUT2D eigenvalue weighted by atomic mass is 10.2. The third-order valence-electron chi connectivity index (χ3n) is 7.52. The van der Waals surface area contributed by atoms with Crippen LogP contribution in [0.25, 0.3) is 10.4 Å². The Kier molecular flexibility index (Phi) is 8.49. The van der Waals surface area contributed by atoms with Gasteiger partial charge in [0.2, 0.25) is 0 Å². The van der Waals surface area contributed by atoms with Crippen molar-refractivity contribution < 1.29 is 13.6 Å². The number of nitrogens with two attached hydrogens (primary N) is 1. The van der Waals surface area contributed by atoms with Crippen molar-refractivity contribution in [3.8, 4) is 0 Å². The highest BCUT2D eigenvalue weighted by atomic mass is 28.4. The maximum absolute atomic E-state index is 12.7. The van der Waals surface area contributed by atoms with Crippen LogP contribution in [0.2, 0.25) is 36.3 Å². The fourth-order valence-corrected chi connectivity index (χ4v) is 5.54. The summed E-state index contributed by atoms with van der Waals surface area (Å²) in [7, 11) is -4.12. The summed E-state index contributed by atoms with van der Waals surface area (Å²) in [6, 6.07) is 0. The Morgan fingerprint density at radius 1 is 1.21 bits per heavy atom. The van der Waals surface area contributed by atoms with Crippen molar-refractivity contribution in [2.24, 2.45) is 5.11 Å². The van der Waals surface area contributed by atoms with E-state index in [1.54, 1.807) is 6.20 Å². The molecule has 192 valence electrons. The van der Waals surface area contributed by atoms with Crippen molar-refractivity contribution in [3.63, 3.8) is 0 Å². The van der Waals surface area contributed by atoms with Crippen molar-refractivity contribution in [2.45, 2.75) is 109 Å². The molecule has 34 heavy (non-hydrogen) atoms. The monoisotopic (exact) mass is 510 g/mol. The third-order valence-corrected chi connectivity index (χ3v) is 16.5. The second kappa shape index (κ2) is 10.1. The average Bonchev–Trinajstić information content (AvgIpc) is 3.05. The molecule has 0 amide bonds. The van der Waals surface area contributed by atoms with Crippen LogP contribution in [-0.2, 0) is 20.1 Å². The summed E-state index contributed by atoms with van der Waals surface area (Å²) in [4.78, 5) is 19.4. The summed E-state index contributed by atoms with van der Waals surface area (Å²) in [6.07, 6.45) is 0.946. The topological polar surface area (TPSA) is 137 Å². The smallest absolute Gasteiger partial charge is 0.351 e. The number of nitrogen functional groups attached to an aromatic ring is 1. The van der Waals surface area contributed by atoms with Gasteiger partial charge < -0.3 is 19.3 Å². The molecule has 0 radical (unpaired) electrons. The Morgan fingerprint density at radius 2 is 1.79 bits per heavy atom. The van der Waals surface area contributed by atoms with Gasteiger partial charge in [-0.25, -0.2) is 4.79 Å². The number of hydrogen-bond donors (Lipinski definition) is 1. The minimum atomic E-state index is -2.11. The number of ether oxygens (including phenoxy) is 1. The molecule has 1 aromatic heterocycles. The first kappa shape index (κ1) is 28.5. The van der Waals surface area contributed by atoms with E-state index >= 15 is 0 Å². The average molecular weight is 511 g/mol. The van der Waals surface area contributed by atoms with Crippen LogP contribution in [-0.4, -0.2) is 45.0 Å². The van der Waals surface area contributed by atoms with E-state index < -0.39 is 28.6 Å². The lowest BCUT2D eigenvalue weighted by Gasteiger charge is -2.40. The quantitative estimate of drug-likeness (QED) is 0.217. The van der Waals surface area contributed by atoms with Gasteiger partial charge in [0.1, 0.15) is 18.1 Å². The van der Waals surface area contributed by atoms with Gasteiger partial charge in [0.25, 0.3) is 0 Å². The van der Waals surface area contributed by atoms with E-state index in [1.165, 1.54) is 4.57 Å². The molecule has 1 aliphatic rings. The Labute approximate surface area is 205 Å². The zero-order valence-electron chi connectivity index (χ0n) is 22.4. The number of aromatic nitrogens is 2. The van der Waals surface area contributed by atoms with Crippen molar-refractivity contribution in [3.05, 3.63) is 32.7 Å². The molecule has 0 aliphatic carbocycles. The van der Waals surface area contributed by atoms with Gasteiger partial charge in [-0.3, -0.25) is 4.57 Å². The van der Waals surface area contributed by atoms with Gasteiger partial charge in [-0.1, -0.05) is 46.7 Å². The molecule has 1 fully saturated rings. The van der Waals surface area contributed by atoms with Gasteiger partial charge in [0.15, 0.2) is 16.6 Å². The van der Waals surface area contributed by atoms with Crippen LogP contribution in [0.5, 0.6) is 0 Å². The molecule has 2 heterocycles. The summed E-state index contributed by atoms with van der Waals surface area (Å²) in [5, 5.41) is 3.64. The Bertz CT molecular complexity index is 977. The molecular formula is C22H42N6O4Si2. The van der Waals surface area contributed by atoms with Gasteiger partial charge >= 0.3 is 5.69 Å². The van der Waals surface area contributed by atoms with Crippen LogP contribution in [0.1, 0.15) is 59.8 Å². The van der Waals surface area contributed by atoms with E-state index in [1.807, 2.05) is 0 Å². The van der Waals surface area contributed by atoms with Crippen molar-refractivity contribution in [1.82, 2.24) is 9.55 Å². The van der Waals surface area contributed by atoms with Gasteiger partial charge in [-0.15, -0.1) is 0 Å². The molecule has 0 aromatic carbocycles. The summed E-state index contributed by atoms with van der Waals surface area (Å²) in [6.45, 7) is 22.4. The van der Waals surface area contributed by atoms with Gasteiger partial charge in [-0.2, -0.15) is 4.98 Å². The van der Waals surface area contributed by atoms with Crippen LogP contribution in [0.3, 0.4) is 0 Å². The minimum Gasteiger partial charge on any atom is -0.414 e. The molecule has 1 aromatic rings. The normalized spacial score (nSPS) is 22.0. The SMILES string of the molecule is CC(C)(C)[Si](C)(C)OC[C@H]1O[C@@H](n2cc(CN=[N+]=[N-])c(N)nc2=O)C[C@@H]1O[Si](C)(C)C(C)(C)C. The molecular weight excluding hydrogens is 468 g/mol. The van der Waals surface area contributed by atoms with E-state index in [0.29, 0.717) is 18.6 Å². The molecule has 0 unspecified atom stereocenters. The molecule has 0 saturated carbocycles. The van der Waals surface area contributed by atoms with E-state index in [4.69, 9.17) is 24.9 Å².